The summed E-state index contributed by atoms with van der Waals surface area (Å²) >= 11 is 1.82. The molecule has 162 valence electrons. The van der Waals surface area contributed by atoms with Crippen molar-refractivity contribution in [2.24, 2.45) is 16.3 Å². The first-order valence-corrected chi connectivity index (χ1v) is 12.2. The van der Waals surface area contributed by atoms with E-state index in [9.17, 15) is 9.59 Å². The number of fused-ring (bicyclic) bond motifs is 1. The van der Waals surface area contributed by atoms with E-state index in [0.717, 1.165) is 56.0 Å². The number of hydrogen-bond donors (Lipinski definition) is 0. The molecule has 0 N–H and O–H groups in total. The monoisotopic (exact) mass is 427 g/mol. The quantitative estimate of drug-likeness (QED) is 0.716. The normalized spacial score (nSPS) is 26.7. The fraction of sp³-hybridized carbons (Fsp3) is 0.625. The zero-order chi connectivity index (χ0) is 21.3. The van der Waals surface area contributed by atoms with Crippen LogP contribution in [0.5, 0.6) is 0 Å². The van der Waals surface area contributed by atoms with Crippen LogP contribution in [-0.4, -0.2) is 57.7 Å². The van der Waals surface area contributed by atoms with Crippen molar-refractivity contribution in [3.63, 3.8) is 0 Å². The molecule has 1 aromatic rings. The predicted octanol–water partition coefficient (Wildman–Crippen LogP) is 4.44. The number of amides is 2. The summed E-state index contributed by atoms with van der Waals surface area (Å²) in [7, 11) is 0. The van der Waals surface area contributed by atoms with Crippen molar-refractivity contribution in [3.8, 4) is 0 Å². The number of benzene rings is 1. The van der Waals surface area contributed by atoms with Crippen LogP contribution in [0.15, 0.2) is 35.3 Å². The highest BCUT2D eigenvalue weighted by Gasteiger charge is 2.43. The van der Waals surface area contributed by atoms with Gasteiger partial charge in [-0.05, 0) is 56.6 Å². The maximum absolute atomic E-state index is 12.8. The van der Waals surface area contributed by atoms with Crippen molar-refractivity contribution in [1.29, 1.82) is 0 Å². The number of amidine groups is 1. The van der Waals surface area contributed by atoms with Gasteiger partial charge in [-0.3, -0.25) is 9.59 Å². The minimum Gasteiger partial charge on any atom is -0.348 e. The van der Waals surface area contributed by atoms with Gasteiger partial charge in [0.15, 0.2) is 5.17 Å². The fourth-order valence-corrected chi connectivity index (χ4v) is 6.55. The highest BCUT2D eigenvalue weighted by atomic mass is 32.2. The number of likely N-dealkylation sites (tertiary alicyclic amines) is 1. The zero-order valence-electron chi connectivity index (χ0n) is 18.3. The SMILES string of the molecule is CCN(C1=NC(=O)C2CC(C)(C)CCC2S1)C1CCN(C(=O)c2ccccc2)CC1. The number of aliphatic imine (C=N–C) groups is 1. The van der Waals surface area contributed by atoms with E-state index in [2.05, 4.69) is 30.7 Å². The number of carbonyl (C=O) groups is 2. The van der Waals surface area contributed by atoms with E-state index in [1.54, 1.807) is 0 Å². The van der Waals surface area contributed by atoms with Crippen molar-refractivity contribution in [2.45, 2.75) is 64.2 Å². The summed E-state index contributed by atoms with van der Waals surface area (Å²) in [6.45, 7) is 9.03. The average Bonchev–Trinajstić information content (AvgIpc) is 2.75. The van der Waals surface area contributed by atoms with E-state index < -0.39 is 0 Å². The number of carbonyl (C=O) groups excluding carboxylic acids is 2. The molecule has 1 aromatic carbocycles. The minimum atomic E-state index is 0.0755. The summed E-state index contributed by atoms with van der Waals surface area (Å²) in [4.78, 5) is 34.4. The Kier molecular flexibility index (Phi) is 6.24. The first-order chi connectivity index (χ1) is 14.4. The van der Waals surface area contributed by atoms with E-state index in [4.69, 9.17) is 0 Å². The Labute approximate surface area is 184 Å². The topological polar surface area (TPSA) is 53.0 Å². The number of nitrogens with zero attached hydrogens (tertiary/aromatic N) is 3. The van der Waals surface area contributed by atoms with Gasteiger partial charge in [-0.2, -0.15) is 4.99 Å². The summed E-state index contributed by atoms with van der Waals surface area (Å²) in [6.07, 6.45) is 5.05. The third-order valence-corrected chi connectivity index (χ3v) is 8.31. The van der Waals surface area contributed by atoms with E-state index in [-0.39, 0.29) is 23.1 Å². The summed E-state index contributed by atoms with van der Waals surface area (Å²) < 4.78 is 0. The van der Waals surface area contributed by atoms with Gasteiger partial charge in [0.1, 0.15) is 0 Å². The molecule has 1 saturated carbocycles. The van der Waals surface area contributed by atoms with Crippen LogP contribution in [0.1, 0.15) is 63.2 Å². The molecule has 1 aliphatic carbocycles. The van der Waals surface area contributed by atoms with Crippen LogP contribution in [0.2, 0.25) is 0 Å². The molecule has 1 saturated heterocycles. The number of thioether (sulfide) groups is 1. The van der Waals surface area contributed by atoms with Crippen molar-refractivity contribution >= 4 is 28.7 Å². The van der Waals surface area contributed by atoms with Gasteiger partial charge in [0.2, 0.25) is 0 Å². The number of hydrogen-bond acceptors (Lipinski definition) is 4. The van der Waals surface area contributed by atoms with Crippen molar-refractivity contribution in [1.82, 2.24) is 9.80 Å². The molecule has 30 heavy (non-hydrogen) atoms. The van der Waals surface area contributed by atoms with Gasteiger partial charge in [-0.1, -0.05) is 43.8 Å². The largest absolute Gasteiger partial charge is 0.348 e. The first kappa shape index (κ1) is 21.4. The second-order valence-corrected chi connectivity index (χ2v) is 10.8. The van der Waals surface area contributed by atoms with E-state index in [1.165, 1.54) is 6.42 Å². The van der Waals surface area contributed by atoms with Crippen LogP contribution >= 0.6 is 11.8 Å². The van der Waals surface area contributed by atoms with Gasteiger partial charge in [0.25, 0.3) is 11.8 Å². The lowest BCUT2D eigenvalue weighted by atomic mass is 9.71. The lowest BCUT2D eigenvalue weighted by Gasteiger charge is -2.44. The highest BCUT2D eigenvalue weighted by Crippen LogP contribution is 2.46. The van der Waals surface area contributed by atoms with Gasteiger partial charge < -0.3 is 9.80 Å². The molecule has 2 unspecified atom stereocenters. The van der Waals surface area contributed by atoms with Crippen LogP contribution in [0, 0.1) is 11.3 Å². The Bertz CT molecular complexity index is 815. The molecule has 3 aliphatic rings. The molecule has 2 heterocycles. The van der Waals surface area contributed by atoms with Gasteiger partial charge in [0, 0.05) is 36.5 Å². The third-order valence-electron chi connectivity index (χ3n) is 6.91. The smallest absolute Gasteiger partial charge is 0.253 e. The molecular formula is C24H33N3O2S. The van der Waals surface area contributed by atoms with Crippen molar-refractivity contribution in [2.75, 3.05) is 19.6 Å². The van der Waals surface area contributed by atoms with Gasteiger partial charge in [-0.15, -0.1) is 0 Å². The first-order valence-electron chi connectivity index (χ1n) is 11.3. The van der Waals surface area contributed by atoms with E-state index >= 15 is 0 Å². The van der Waals surface area contributed by atoms with Crippen LogP contribution in [0.4, 0.5) is 0 Å². The van der Waals surface area contributed by atoms with Crippen molar-refractivity contribution in [3.05, 3.63) is 35.9 Å². The summed E-state index contributed by atoms with van der Waals surface area (Å²) in [5.74, 6) is 0.271. The molecule has 6 heteroatoms. The molecule has 0 aromatic heterocycles. The Morgan fingerprint density at radius 1 is 1.20 bits per heavy atom. The molecular weight excluding hydrogens is 394 g/mol. The Balaban J connectivity index is 1.40. The van der Waals surface area contributed by atoms with E-state index in [0.29, 0.717) is 11.3 Å². The lowest BCUT2D eigenvalue weighted by molar-refractivity contribution is -0.123. The van der Waals surface area contributed by atoms with E-state index in [1.807, 2.05) is 47.0 Å². The number of piperidine rings is 1. The van der Waals surface area contributed by atoms with Gasteiger partial charge in [-0.25, -0.2) is 0 Å². The Morgan fingerprint density at radius 2 is 1.90 bits per heavy atom. The minimum absolute atomic E-state index is 0.0755. The Hall–Kier alpha value is -1.82. The fourth-order valence-electron chi connectivity index (χ4n) is 5.11. The lowest BCUT2D eigenvalue weighted by Crippen LogP contribution is -2.50. The molecule has 2 atom stereocenters. The summed E-state index contributed by atoms with van der Waals surface area (Å²) in [6, 6.07) is 9.86. The Morgan fingerprint density at radius 3 is 2.57 bits per heavy atom. The molecule has 2 amide bonds. The molecule has 0 radical (unpaired) electrons. The number of rotatable bonds is 3. The summed E-state index contributed by atoms with van der Waals surface area (Å²) in [5, 5.41) is 1.28. The average molecular weight is 428 g/mol. The molecule has 0 spiro atoms. The van der Waals surface area contributed by atoms with Crippen molar-refractivity contribution < 1.29 is 9.59 Å². The zero-order valence-corrected chi connectivity index (χ0v) is 19.2. The molecule has 2 fully saturated rings. The summed E-state index contributed by atoms with van der Waals surface area (Å²) in [5.41, 5.74) is 1.000. The second-order valence-electron chi connectivity index (χ2n) is 9.58. The maximum Gasteiger partial charge on any atom is 0.253 e. The van der Waals surface area contributed by atoms with Crippen LogP contribution in [0.3, 0.4) is 0 Å². The van der Waals surface area contributed by atoms with Gasteiger partial charge >= 0.3 is 0 Å². The highest BCUT2D eigenvalue weighted by molar-refractivity contribution is 8.14. The van der Waals surface area contributed by atoms with Crippen LogP contribution < -0.4 is 0 Å². The maximum atomic E-state index is 12.8. The molecule has 2 aliphatic heterocycles. The van der Waals surface area contributed by atoms with Crippen LogP contribution in [-0.2, 0) is 4.79 Å². The predicted molar refractivity (Wildman–Crippen MR) is 123 cm³/mol. The molecule has 5 nitrogen and oxygen atoms in total. The third kappa shape index (κ3) is 4.43. The second kappa shape index (κ2) is 8.74. The molecule has 0 bridgehead atoms. The van der Waals surface area contributed by atoms with Crippen LogP contribution in [0.25, 0.3) is 0 Å². The standard InChI is InChI=1S/C24H33N3O2S/c1-4-27(23-25-21(28)19-16-24(2,3)13-10-20(19)30-23)18-11-14-26(15-12-18)22(29)17-8-6-5-7-9-17/h5-9,18-20H,4,10-16H2,1-3H3. The van der Waals surface area contributed by atoms with Gasteiger partial charge in [0.05, 0.1) is 5.92 Å². The molecule has 4 rings (SSSR count).